The van der Waals surface area contributed by atoms with Crippen molar-refractivity contribution in [2.45, 2.75) is 11.7 Å². The first-order valence-corrected chi connectivity index (χ1v) is 9.62. The Hall–Kier alpha value is -3.19. The van der Waals surface area contributed by atoms with E-state index in [2.05, 4.69) is 10.2 Å². The molecule has 0 saturated heterocycles. The van der Waals surface area contributed by atoms with Gasteiger partial charge in [-0.25, -0.2) is 4.39 Å². The highest BCUT2D eigenvalue weighted by molar-refractivity contribution is 7.99. The van der Waals surface area contributed by atoms with Gasteiger partial charge in [0.1, 0.15) is 11.6 Å². The second kappa shape index (κ2) is 8.22. The molecular weight excluding hydrogens is 377 g/mol. The first-order valence-electron chi connectivity index (χ1n) is 8.63. The van der Waals surface area contributed by atoms with Crippen molar-refractivity contribution in [3.05, 3.63) is 90.1 Å². The third-order valence-corrected chi connectivity index (χ3v) is 5.09. The monoisotopic (exact) mass is 393 g/mol. The molecule has 0 fully saturated rings. The third-order valence-electron chi connectivity index (χ3n) is 4.12. The summed E-state index contributed by atoms with van der Waals surface area (Å²) < 4.78 is 20.7. The third kappa shape index (κ3) is 4.04. The van der Waals surface area contributed by atoms with Crippen molar-refractivity contribution in [2.24, 2.45) is 0 Å². The van der Waals surface area contributed by atoms with Gasteiger partial charge in [0.05, 0.1) is 18.6 Å². The molecule has 7 heteroatoms. The van der Waals surface area contributed by atoms with Crippen molar-refractivity contribution < 1.29 is 13.6 Å². The van der Waals surface area contributed by atoms with Crippen LogP contribution in [0.2, 0.25) is 0 Å². The summed E-state index contributed by atoms with van der Waals surface area (Å²) in [7, 11) is 0. The van der Waals surface area contributed by atoms with Crippen LogP contribution in [0.5, 0.6) is 0 Å². The molecule has 0 amide bonds. The van der Waals surface area contributed by atoms with Crippen LogP contribution in [0.25, 0.3) is 11.4 Å². The van der Waals surface area contributed by atoms with E-state index in [4.69, 9.17) is 4.42 Å². The van der Waals surface area contributed by atoms with Gasteiger partial charge in [-0.05, 0) is 24.3 Å². The van der Waals surface area contributed by atoms with E-state index < -0.39 is 5.82 Å². The number of halogens is 1. The maximum atomic E-state index is 13.4. The lowest BCUT2D eigenvalue weighted by Crippen LogP contribution is -2.07. The van der Waals surface area contributed by atoms with E-state index in [9.17, 15) is 9.18 Å². The largest absolute Gasteiger partial charge is 0.467 e. The number of furan rings is 1. The summed E-state index contributed by atoms with van der Waals surface area (Å²) in [5.74, 6) is 0.989. The SMILES string of the molecule is O=C(CSc1nnc(-c2ccccc2)n1Cc1ccco1)c1cccc(F)c1. The predicted octanol–water partition coefficient (Wildman–Crippen LogP) is 4.70. The lowest BCUT2D eigenvalue weighted by Gasteiger charge is -2.08. The number of aromatic nitrogens is 3. The highest BCUT2D eigenvalue weighted by Crippen LogP contribution is 2.26. The van der Waals surface area contributed by atoms with Crippen LogP contribution in [0.1, 0.15) is 16.1 Å². The number of rotatable bonds is 7. The molecule has 0 aliphatic carbocycles. The van der Waals surface area contributed by atoms with E-state index in [1.807, 2.05) is 47.0 Å². The minimum atomic E-state index is -0.428. The van der Waals surface area contributed by atoms with Crippen molar-refractivity contribution in [3.8, 4) is 11.4 Å². The van der Waals surface area contributed by atoms with Crippen LogP contribution < -0.4 is 0 Å². The zero-order valence-corrected chi connectivity index (χ0v) is 15.6. The number of carbonyl (C=O) groups is 1. The van der Waals surface area contributed by atoms with Gasteiger partial charge in [-0.2, -0.15) is 0 Å². The molecule has 2 heterocycles. The van der Waals surface area contributed by atoms with Crippen LogP contribution in [0, 0.1) is 5.82 Å². The zero-order valence-electron chi connectivity index (χ0n) is 14.8. The highest BCUT2D eigenvalue weighted by Gasteiger charge is 2.17. The molecule has 4 aromatic rings. The van der Waals surface area contributed by atoms with Crippen LogP contribution in [0.15, 0.2) is 82.6 Å². The molecule has 4 rings (SSSR count). The van der Waals surface area contributed by atoms with Crippen molar-refractivity contribution in [1.82, 2.24) is 14.8 Å². The normalized spacial score (nSPS) is 10.9. The summed E-state index contributed by atoms with van der Waals surface area (Å²) in [6, 6.07) is 19.1. The van der Waals surface area contributed by atoms with Gasteiger partial charge < -0.3 is 4.42 Å². The molecule has 28 heavy (non-hydrogen) atoms. The van der Waals surface area contributed by atoms with Gasteiger partial charge >= 0.3 is 0 Å². The zero-order chi connectivity index (χ0) is 19.3. The molecule has 0 saturated carbocycles. The van der Waals surface area contributed by atoms with Crippen molar-refractivity contribution in [2.75, 3.05) is 5.75 Å². The Morgan fingerprint density at radius 1 is 1.04 bits per heavy atom. The molecule has 0 N–H and O–H groups in total. The molecule has 2 aromatic carbocycles. The second-order valence-electron chi connectivity index (χ2n) is 6.06. The molecule has 0 aliphatic heterocycles. The fraction of sp³-hybridized carbons (Fsp3) is 0.0952. The number of hydrogen-bond acceptors (Lipinski definition) is 5. The average Bonchev–Trinajstić information content (AvgIpc) is 3.37. The lowest BCUT2D eigenvalue weighted by atomic mass is 10.1. The number of ketones is 1. The number of Topliss-reactive ketones (excluding diaryl/α,β-unsaturated/α-hetero) is 1. The topological polar surface area (TPSA) is 60.9 Å². The van der Waals surface area contributed by atoms with E-state index in [1.54, 1.807) is 12.3 Å². The summed E-state index contributed by atoms with van der Waals surface area (Å²) in [4.78, 5) is 12.4. The Morgan fingerprint density at radius 3 is 2.64 bits per heavy atom. The summed E-state index contributed by atoms with van der Waals surface area (Å²) in [6.07, 6.45) is 1.61. The molecule has 2 aromatic heterocycles. The molecule has 140 valence electrons. The quantitative estimate of drug-likeness (QED) is 0.336. The van der Waals surface area contributed by atoms with E-state index in [1.165, 1.54) is 30.0 Å². The lowest BCUT2D eigenvalue weighted by molar-refractivity contribution is 0.102. The van der Waals surface area contributed by atoms with Crippen LogP contribution in [0.3, 0.4) is 0 Å². The smallest absolute Gasteiger partial charge is 0.192 e. The number of carbonyl (C=O) groups excluding carboxylic acids is 1. The van der Waals surface area contributed by atoms with Crippen molar-refractivity contribution >= 4 is 17.5 Å². The molecule has 0 radical (unpaired) electrons. The minimum absolute atomic E-state index is 0.133. The summed E-state index contributed by atoms with van der Waals surface area (Å²) in [6.45, 7) is 0.445. The molecule has 0 spiro atoms. The maximum Gasteiger partial charge on any atom is 0.192 e. The highest BCUT2D eigenvalue weighted by atomic mass is 32.2. The number of nitrogens with zero attached hydrogens (tertiary/aromatic N) is 3. The molecular formula is C21H16FN3O2S. The number of thioether (sulfide) groups is 1. The summed E-state index contributed by atoms with van der Waals surface area (Å²) in [5.41, 5.74) is 1.26. The standard InChI is InChI=1S/C21H16FN3O2S/c22-17-9-4-8-16(12-17)19(26)14-28-21-24-23-20(15-6-2-1-3-7-15)25(21)13-18-10-5-11-27-18/h1-12H,13-14H2. The van der Waals surface area contributed by atoms with Gasteiger partial charge in [-0.15, -0.1) is 10.2 Å². The first-order chi connectivity index (χ1) is 13.7. The van der Waals surface area contributed by atoms with E-state index in [0.29, 0.717) is 23.1 Å². The summed E-state index contributed by atoms with van der Waals surface area (Å²) >= 11 is 1.27. The Morgan fingerprint density at radius 2 is 1.89 bits per heavy atom. The van der Waals surface area contributed by atoms with Gasteiger partial charge in [0, 0.05) is 11.1 Å². The van der Waals surface area contributed by atoms with Crippen LogP contribution >= 0.6 is 11.8 Å². The van der Waals surface area contributed by atoms with Gasteiger partial charge in [0.2, 0.25) is 0 Å². The van der Waals surface area contributed by atoms with Crippen LogP contribution in [-0.2, 0) is 6.54 Å². The Balaban J connectivity index is 1.59. The van der Waals surface area contributed by atoms with Gasteiger partial charge in [0.25, 0.3) is 0 Å². The average molecular weight is 393 g/mol. The van der Waals surface area contributed by atoms with E-state index in [-0.39, 0.29) is 11.5 Å². The van der Waals surface area contributed by atoms with Crippen LogP contribution in [-0.4, -0.2) is 26.3 Å². The predicted molar refractivity (Wildman–Crippen MR) is 105 cm³/mol. The molecule has 0 unspecified atom stereocenters. The van der Waals surface area contributed by atoms with E-state index in [0.717, 1.165) is 11.3 Å². The van der Waals surface area contributed by atoms with Gasteiger partial charge in [-0.3, -0.25) is 9.36 Å². The minimum Gasteiger partial charge on any atom is -0.467 e. The number of benzene rings is 2. The van der Waals surface area contributed by atoms with Crippen LogP contribution in [0.4, 0.5) is 4.39 Å². The fourth-order valence-corrected chi connectivity index (χ4v) is 3.60. The Bertz CT molecular complexity index is 1080. The van der Waals surface area contributed by atoms with Crippen molar-refractivity contribution in [1.29, 1.82) is 0 Å². The van der Waals surface area contributed by atoms with Crippen molar-refractivity contribution in [3.63, 3.8) is 0 Å². The molecule has 5 nitrogen and oxygen atoms in total. The van der Waals surface area contributed by atoms with Gasteiger partial charge in [-0.1, -0.05) is 54.2 Å². The maximum absolute atomic E-state index is 13.4. The van der Waals surface area contributed by atoms with Gasteiger partial charge in [0.15, 0.2) is 16.8 Å². The fourth-order valence-electron chi connectivity index (χ4n) is 2.77. The number of hydrogen-bond donors (Lipinski definition) is 0. The first kappa shape index (κ1) is 18.2. The Labute approximate surface area is 165 Å². The van der Waals surface area contributed by atoms with E-state index >= 15 is 0 Å². The Kier molecular flexibility index (Phi) is 5.34. The molecule has 0 atom stereocenters. The molecule has 0 bridgehead atoms. The summed E-state index contributed by atoms with van der Waals surface area (Å²) in [5, 5.41) is 9.17. The second-order valence-corrected chi connectivity index (χ2v) is 7.00. The molecule has 0 aliphatic rings.